The Balaban J connectivity index is 1.55. The average Bonchev–Trinajstić information content (AvgIpc) is 2.92. The first-order valence-corrected chi connectivity index (χ1v) is 12.1. The first-order valence-electron chi connectivity index (χ1n) is 12.1. The number of hydrogen-bond acceptors (Lipinski definition) is 2. The van der Waals surface area contributed by atoms with Gasteiger partial charge in [0.1, 0.15) is 0 Å². The minimum absolute atomic E-state index is 0.786. The molecule has 0 bridgehead atoms. The van der Waals surface area contributed by atoms with E-state index in [9.17, 15) is 0 Å². The molecule has 0 unspecified atom stereocenters. The minimum Gasteiger partial charge on any atom is -0.398 e. The Morgan fingerprint density at radius 2 is 1.51 bits per heavy atom. The molecule has 5 rings (SSSR count). The van der Waals surface area contributed by atoms with E-state index in [-0.39, 0.29) is 0 Å². The third-order valence-corrected chi connectivity index (χ3v) is 6.41. The molecule has 3 N–H and O–H groups in total. The summed E-state index contributed by atoms with van der Waals surface area (Å²) in [6.45, 7) is 2.14. The molecule has 0 amide bonds. The van der Waals surface area contributed by atoms with Crippen LogP contribution in [0.3, 0.4) is 0 Å². The van der Waals surface area contributed by atoms with Crippen molar-refractivity contribution in [1.29, 1.82) is 0 Å². The fourth-order valence-electron chi connectivity index (χ4n) is 4.61. The van der Waals surface area contributed by atoms with Crippen LogP contribution in [0.1, 0.15) is 36.5 Å². The van der Waals surface area contributed by atoms with Gasteiger partial charge in [-0.25, -0.2) is 0 Å². The number of benzene rings is 3. The van der Waals surface area contributed by atoms with Crippen molar-refractivity contribution in [2.24, 2.45) is 0 Å². The molecule has 0 aromatic heterocycles. The number of hydrogen-bond donors (Lipinski definition) is 2. The standard InChI is InChI=1S/C33H30N2/c1-24-22-25(18-20-26-10-2-4-12-28(26)30-14-6-8-16-32(30)34)19-21-27-11-3-5-13-29(27)31-15-7-9-17-33(31)35-23-24/h2-8,10-16,18-23,35H,9,17,34H2,1H3/b20-18-,21-19+,24-23+,25-22-. The molecule has 2 heteroatoms. The van der Waals surface area contributed by atoms with Gasteiger partial charge in [0.25, 0.3) is 0 Å². The topological polar surface area (TPSA) is 38.0 Å². The molecule has 0 fully saturated rings. The second-order valence-electron chi connectivity index (χ2n) is 8.94. The van der Waals surface area contributed by atoms with Gasteiger partial charge in [-0.1, -0.05) is 109 Å². The van der Waals surface area contributed by atoms with Gasteiger partial charge in [-0.05, 0) is 59.2 Å². The van der Waals surface area contributed by atoms with Crippen molar-refractivity contribution < 1.29 is 0 Å². The van der Waals surface area contributed by atoms with Crippen molar-refractivity contribution >= 4 is 23.4 Å². The lowest BCUT2D eigenvalue weighted by Gasteiger charge is -2.18. The van der Waals surface area contributed by atoms with E-state index in [0.29, 0.717) is 0 Å². The molecular formula is C33H30N2. The quantitative estimate of drug-likeness (QED) is 0.392. The SMILES string of the molecule is CC1=C\NC2=C(C=CCC2)c2ccccc2/C=C/C(/C=C\c2ccccc2-c2ccccc2N)=C\1. The van der Waals surface area contributed by atoms with Crippen molar-refractivity contribution in [1.82, 2.24) is 5.32 Å². The van der Waals surface area contributed by atoms with Crippen molar-refractivity contribution in [3.63, 3.8) is 0 Å². The zero-order chi connectivity index (χ0) is 24.0. The van der Waals surface area contributed by atoms with Crippen LogP contribution in [-0.4, -0.2) is 0 Å². The Morgan fingerprint density at radius 1 is 0.771 bits per heavy atom. The largest absolute Gasteiger partial charge is 0.398 e. The second-order valence-corrected chi connectivity index (χ2v) is 8.94. The van der Waals surface area contributed by atoms with Crippen LogP contribution >= 0.6 is 0 Å². The van der Waals surface area contributed by atoms with Crippen molar-refractivity contribution in [2.75, 3.05) is 5.73 Å². The first-order chi connectivity index (χ1) is 17.2. The number of fused-ring (bicyclic) bond motifs is 2. The number of para-hydroxylation sites is 1. The van der Waals surface area contributed by atoms with E-state index >= 15 is 0 Å². The van der Waals surface area contributed by atoms with Crippen molar-refractivity contribution in [3.8, 4) is 11.1 Å². The zero-order valence-corrected chi connectivity index (χ0v) is 20.0. The molecule has 2 aliphatic rings. The van der Waals surface area contributed by atoms with Crippen LogP contribution in [0.25, 0.3) is 28.9 Å². The average molecular weight is 455 g/mol. The summed E-state index contributed by atoms with van der Waals surface area (Å²) >= 11 is 0. The van der Waals surface area contributed by atoms with E-state index in [4.69, 9.17) is 5.73 Å². The second kappa shape index (κ2) is 10.3. The summed E-state index contributed by atoms with van der Waals surface area (Å²) in [6, 6.07) is 25.0. The maximum atomic E-state index is 6.29. The molecule has 0 atom stereocenters. The molecular weight excluding hydrogens is 424 g/mol. The van der Waals surface area contributed by atoms with Gasteiger partial charge in [0.2, 0.25) is 0 Å². The Bertz CT molecular complexity index is 1430. The van der Waals surface area contributed by atoms with Gasteiger partial charge < -0.3 is 11.1 Å². The van der Waals surface area contributed by atoms with E-state index in [1.165, 1.54) is 28.0 Å². The van der Waals surface area contributed by atoms with E-state index < -0.39 is 0 Å². The van der Waals surface area contributed by atoms with E-state index in [1.807, 2.05) is 18.2 Å². The Hall–Kier alpha value is -4.30. The molecule has 1 heterocycles. The highest BCUT2D eigenvalue weighted by Gasteiger charge is 2.13. The smallest absolute Gasteiger partial charge is 0.0393 e. The molecule has 3 aromatic rings. The summed E-state index contributed by atoms with van der Waals surface area (Å²) in [4.78, 5) is 0. The summed E-state index contributed by atoms with van der Waals surface area (Å²) < 4.78 is 0. The molecule has 0 saturated heterocycles. The first kappa shape index (κ1) is 22.5. The third-order valence-electron chi connectivity index (χ3n) is 6.41. The minimum atomic E-state index is 0.786. The van der Waals surface area contributed by atoms with Crippen LogP contribution < -0.4 is 11.1 Å². The lowest BCUT2D eigenvalue weighted by atomic mass is 9.92. The van der Waals surface area contributed by atoms with Gasteiger partial charge in [0.15, 0.2) is 0 Å². The molecule has 3 aromatic carbocycles. The highest BCUT2D eigenvalue weighted by atomic mass is 14.9. The number of nitrogens with one attached hydrogen (secondary N) is 1. The Morgan fingerprint density at radius 3 is 2.37 bits per heavy atom. The predicted octanol–water partition coefficient (Wildman–Crippen LogP) is 8.16. The van der Waals surface area contributed by atoms with Crippen molar-refractivity contribution in [3.05, 3.63) is 143 Å². The van der Waals surface area contributed by atoms with Gasteiger partial charge >= 0.3 is 0 Å². The number of nitrogen functional groups attached to an aromatic ring is 1. The lowest BCUT2D eigenvalue weighted by Crippen LogP contribution is -2.10. The summed E-state index contributed by atoms with van der Waals surface area (Å²) in [7, 11) is 0. The number of rotatable bonds is 3. The summed E-state index contributed by atoms with van der Waals surface area (Å²) in [6.07, 6.45) is 19.7. The fourth-order valence-corrected chi connectivity index (χ4v) is 4.61. The Labute approximate surface area is 208 Å². The maximum absolute atomic E-state index is 6.29. The monoisotopic (exact) mass is 454 g/mol. The highest BCUT2D eigenvalue weighted by molar-refractivity contribution is 5.84. The number of allylic oxidation sites excluding steroid dienone is 9. The van der Waals surface area contributed by atoms with Gasteiger partial charge in [-0.2, -0.15) is 0 Å². The molecule has 2 nitrogen and oxygen atoms in total. The normalized spacial score (nSPS) is 19.5. The number of anilines is 1. The molecule has 172 valence electrons. The maximum Gasteiger partial charge on any atom is 0.0393 e. The van der Waals surface area contributed by atoms with Crippen LogP contribution in [0.2, 0.25) is 0 Å². The van der Waals surface area contributed by atoms with E-state index in [2.05, 4.69) is 116 Å². The van der Waals surface area contributed by atoms with Crippen LogP contribution in [0.5, 0.6) is 0 Å². The van der Waals surface area contributed by atoms with Gasteiger partial charge in [-0.15, -0.1) is 0 Å². The van der Waals surface area contributed by atoms with Crippen molar-refractivity contribution in [2.45, 2.75) is 19.8 Å². The van der Waals surface area contributed by atoms with Crippen LogP contribution in [0.15, 0.2) is 126 Å². The molecule has 0 spiro atoms. The molecule has 0 saturated carbocycles. The van der Waals surface area contributed by atoms with Gasteiger partial charge in [0.05, 0.1) is 0 Å². The number of nitrogens with two attached hydrogens (primary N) is 1. The van der Waals surface area contributed by atoms with Gasteiger partial charge in [0, 0.05) is 28.7 Å². The van der Waals surface area contributed by atoms with Crippen LogP contribution in [-0.2, 0) is 0 Å². The molecule has 0 radical (unpaired) electrons. The van der Waals surface area contributed by atoms with E-state index in [0.717, 1.165) is 40.8 Å². The summed E-state index contributed by atoms with van der Waals surface area (Å²) in [5.74, 6) is 0. The summed E-state index contributed by atoms with van der Waals surface area (Å²) in [5.41, 5.74) is 17.7. The van der Waals surface area contributed by atoms with Gasteiger partial charge in [-0.3, -0.25) is 0 Å². The van der Waals surface area contributed by atoms with Crippen LogP contribution in [0.4, 0.5) is 5.69 Å². The highest BCUT2D eigenvalue weighted by Crippen LogP contribution is 2.31. The molecule has 35 heavy (non-hydrogen) atoms. The molecule has 1 aliphatic heterocycles. The zero-order valence-electron chi connectivity index (χ0n) is 20.0. The van der Waals surface area contributed by atoms with Crippen LogP contribution in [0, 0.1) is 0 Å². The lowest BCUT2D eigenvalue weighted by molar-refractivity contribution is 0.873. The van der Waals surface area contributed by atoms with E-state index in [1.54, 1.807) is 0 Å². The molecule has 1 aliphatic carbocycles. The fraction of sp³-hybridized carbons (Fsp3) is 0.0909. The third kappa shape index (κ3) is 5.12. The summed E-state index contributed by atoms with van der Waals surface area (Å²) in [5, 5.41) is 3.60. The Kier molecular flexibility index (Phi) is 6.63. The predicted molar refractivity (Wildman–Crippen MR) is 151 cm³/mol.